The van der Waals surface area contributed by atoms with Crippen molar-refractivity contribution in [2.24, 2.45) is 10.7 Å². The Balaban J connectivity index is 0.000000325. The van der Waals surface area contributed by atoms with Gasteiger partial charge >= 0.3 is 0 Å². The summed E-state index contributed by atoms with van der Waals surface area (Å²) in [5.41, 5.74) is 6.80. The molecule has 0 spiro atoms. The fraction of sp³-hybridized carbons (Fsp3) is 0.462. The number of hydrogen-bond donors (Lipinski definition) is 2. The van der Waals surface area contributed by atoms with Crippen molar-refractivity contribution in [3.8, 4) is 0 Å². The van der Waals surface area contributed by atoms with Crippen LogP contribution in [0.5, 0.6) is 0 Å². The van der Waals surface area contributed by atoms with Gasteiger partial charge in [0.1, 0.15) is 5.82 Å². The largest absolute Gasteiger partial charge is 0.376 e. The summed E-state index contributed by atoms with van der Waals surface area (Å²) < 4.78 is 12.7. The Morgan fingerprint density at radius 3 is 2.65 bits per heavy atom. The first kappa shape index (κ1) is 15.6. The summed E-state index contributed by atoms with van der Waals surface area (Å²) >= 11 is 0. The van der Waals surface area contributed by atoms with Crippen LogP contribution >= 0.6 is 0 Å². The molecule has 4 heteroatoms. The van der Waals surface area contributed by atoms with E-state index in [1.54, 1.807) is 26.4 Å². The maximum Gasteiger partial charge on any atom is 0.126 e. The highest BCUT2D eigenvalue weighted by molar-refractivity contribution is 5.53. The van der Waals surface area contributed by atoms with Crippen molar-refractivity contribution in [3.05, 3.63) is 35.1 Å². The average Bonchev–Trinajstić information content (AvgIpc) is 2.34. The molecule has 1 aromatic rings. The van der Waals surface area contributed by atoms with E-state index in [4.69, 9.17) is 5.73 Å². The van der Waals surface area contributed by atoms with Gasteiger partial charge in [-0.3, -0.25) is 4.99 Å². The van der Waals surface area contributed by atoms with Crippen molar-refractivity contribution in [1.82, 2.24) is 5.32 Å². The zero-order chi connectivity index (χ0) is 13.1. The van der Waals surface area contributed by atoms with E-state index in [1.807, 2.05) is 6.07 Å². The van der Waals surface area contributed by atoms with Crippen LogP contribution in [0.1, 0.15) is 24.5 Å². The number of rotatable bonds is 4. The molecule has 0 unspecified atom stereocenters. The second-order valence-corrected chi connectivity index (χ2v) is 3.63. The molecule has 3 nitrogen and oxygen atoms in total. The maximum atomic E-state index is 12.7. The van der Waals surface area contributed by atoms with E-state index in [-0.39, 0.29) is 5.82 Å². The average molecular weight is 239 g/mol. The van der Waals surface area contributed by atoms with E-state index >= 15 is 0 Å². The lowest BCUT2D eigenvalue weighted by atomic mass is 10.1. The fourth-order valence-electron chi connectivity index (χ4n) is 1.06. The quantitative estimate of drug-likeness (QED) is 0.481. The van der Waals surface area contributed by atoms with Crippen LogP contribution in [-0.4, -0.2) is 19.9 Å². The number of nitrogens with two attached hydrogens (primary N) is 1. The van der Waals surface area contributed by atoms with Gasteiger partial charge in [-0.05, 0) is 30.5 Å². The van der Waals surface area contributed by atoms with E-state index in [1.165, 1.54) is 6.07 Å². The van der Waals surface area contributed by atoms with Crippen LogP contribution in [0.4, 0.5) is 4.39 Å². The highest BCUT2D eigenvalue weighted by atomic mass is 19.1. The van der Waals surface area contributed by atoms with E-state index in [9.17, 15) is 4.39 Å². The van der Waals surface area contributed by atoms with Crippen LogP contribution < -0.4 is 11.1 Å². The van der Waals surface area contributed by atoms with Crippen molar-refractivity contribution in [3.63, 3.8) is 0 Å². The summed E-state index contributed by atoms with van der Waals surface area (Å²) in [6, 6.07) is 5.03. The Labute approximate surface area is 103 Å². The van der Waals surface area contributed by atoms with Gasteiger partial charge in [-0.15, -0.1) is 0 Å². The van der Waals surface area contributed by atoms with Gasteiger partial charge in [0.05, 0.1) is 6.34 Å². The highest BCUT2D eigenvalue weighted by Gasteiger charge is 1.95. The molecule has 0 saturated carbocycles. The zero-order valence-corrected chi connectivity index (χ0v) is 10.8. The normalized spacial score (nSPS) is 9.94. The lowest BCUT2D eigenvalue weighted by Gasteiger charge is -1.98. The summed E-state index contributed by atoms with van der Waals surface area (Å²) in [4.78, 5) is 3.74. The third-order valence-corrected chi connectivity index (χ3v) is 2.09. The van der Waals surface area contributed by atoms with Crippen molar-refractivity contribution in [2.75, 3.05) is 13.6 Å². The lowest BCUT2D eigenvalue weighted by Crippen LogP contribution is -2.10. The summed E-state index contributed by atoms with van der Waals surface area (Å²) in [6.07, 6.45) is 2.87. The molecule has 0 aromatic heterocycles. The predicted molar refractivity (Wildman–Crippen MR) is 71.7 cm³/mol. The molecule has 0 amide bonds. The maximum absolute atomic E-state index is 12.7. The van der Waals surface area contributed by atoms with Crippen LogP contribution in [0, 0.1) is 12.7 Å². The molecule has 0 heterocycles. The number of aryl methyl sites for hydroxylation is 1. The Hall–Kier alpha value is -1.42. The smallest absolute Gasteiger partial charge is 0.126 e. The molecule has 0 saturated heterocycles. The monoisotopic (exact) mass is 239 g/mol. The molecule has 0 bridgehead atoms. The summed E-state index contributed by atoms with van der Waals surface area (Å²) in [6.45, 7) is 5.28. The Bertz CT molecular complexity index is 337. The highest BCUT2D eigenvalue weighted by Crippen LogP contribution is 2.07. The van der Waals surface area contributed by atoms with Crippen LogP contribution in [0.3, 0.4) is 0 Å². The standard InChI is InChI=1S/C8H10FN.C5H12N2/c1-6-2-3-7(5-10)4-8(6)9;1-3-4-7-5-6-2/h2-4H,5,10H2,1H3;5H,3-4H2,1-2H3,(H,6,7). The van der Waals surface area contributed by atoms with Gasteiger partial charge in [0.2, 0.25) is 0 Å². The molecule has 1 aromatic carbocycles. The Kier molecular flexibility index (Phi) is 8.96. The molecule has 0 aliphatic rings. The first-order valence-electron chi connectivity index (χ1n) is 5.74. The Morgan fingerprint density at radius 2 is 2.18 bits per heavy atom. The van der Waals surface area contributed by atoms with Crippen molar-refractivity contribution >= 4 is 6.34 Å². The minimum absolute atomic E-state index is 0.178. The van der Waals surface area contributed by atoms with E-state index in [0.717, 1.165) is 18.5 Å². The van der Waals surface area contributed by atoms with Crippen LogP contribution in [0.25, 0.3) is 0 Å². The number of nitrogens with one attached hydrogen (secondary N) is 1. The molecule has 0 fully saturated rings. The molecule has 96 valence electrons. The SMILES string of the molecule is CCCNC=NC.Cc1ccc(CN)cc1F. The summed E-state index contributed by atoms with van der Waals surface area (Å²) in [5, 5.41) is 2.99. The number of halogens is 1. The molecule has 0 aliphatic heterocycles. The van der Waals surface area contributed by atoms with Crippen molar-refractivity contribution < 1.29 is 4.39 Å². The first-order chi connectivity index (χ1) is 8.15. The van der Waals surface area contributed by atoms with Crippen LogP contribution in [0.2, 0.25) is 0 Å². The molecule has 3 N–H and O–H groups in total. The molecule has 0 aliphatic carbocycles. The van der Waals surface area contributed by atoms with Gasteiger partial charge in [0, 0.05) is 20.1 Å². The lowest BCUT2D eigenvalue weighted by molar-refractivity contribution is 0.616. The van der Waals surface area contributed by atoms with Crippen LogP contribution in [0.15, 0.2) is 23.2 Å². The Morgan fingerprint density at radius 1 is 1.47 bits per heavy atom. The van der Waals surface area contributed by atoms with Crippen molar-refractivity contribution in [2.45, 2.75) is 26.8 Å². The molecular weight excluding hydrogens is 217 g/mol. The van der Waals surface area contributed by atoms with Crippen molar-refractivity contribution in [1.29, 1.82) is 0 Å². The van der Waals surface area contributed by atoms with Gasteiger partial charge in [-0.2, -0.15) is 0 Å². The van der Waals surface area contributed by atoms with Crippen LogP contribution in [-0.2, 0) is 6.54 Å². The van der Waals surface area contributed by atoms with E-state index in [0.29, 0.717) is 12.1 Å². The van der Waals surface area contributed by atoms with E-state index < -0.39 is 0 Å². The second kappa shape index (κ2) is 9.78. The summed E-state index contributed by atoms with van der Waals surface area (Å²) in [7, 11) is 1.75. The second-order valence-electron chi connectivity index (χ2n) is 3.63. The van der Waals surface area contributed by atoms with Gasteiger partial charge in [0.25, 0.3) is 0 Å². The van der Waals surface area contributed by atoms with E-state index in [2.05, 4.69) is 17.2 Å². The first-order valence-corrected chi connectivity index (χ1v) is 5.74. The van der Waals surface area contributed by atoms with Gasteiger partial charge in [0.15, 0.2) is 0 Å². The number of benzene rings is 1. The summed E-state index contributed by atoms with van der Waals surface area (Å²) in [5.74, 6) is -0.178. The topological polar surface area (TPSA) is 50.4 Å². The fourth-order valence-corrected chi connectivity index (χ4v) is 1.06. The molecule has 1 rings (SSSR count). The minimum Gasteiger partial charge on any atom is -0.376 e. The van der Waals surface area contributed by atoms with Gasteiger partial charge in [-0.25, -0.2) is 4.39 Å². The minimum atomic E-state index is -0.178. The van der Waals surface area contributed by atoms with Gasteiger partial charge in [-0.1, -0.05) is 19.1 Å². The van der Waals surface area contributed by atoms with Gasteiger partial charge < -0.3 is 11.1 Å². The molecular formula is C13H22FN3. The zero-order valence-electron chi connectivity index (χ0n) is 10.8. The number of aliphatic imine (C=N–C) groups is 1. The predicted octanol–water partition coefficient (Wildman–Crippen LogP) is 2.24. The third kappa shape index (κ3) is 7.47. The number of nitrogens with zero attached hydrogens (tertiary/aromatic N) is 1. The number of hydrogen-bond acceptors (Lipinski definition) is 2. The molecule has 0 radical (unpaired) electrons. The molecule has 0 atom stereocenters. The third-order valence-electron chi connectivity index (χ3n) is 2.09. The molecule has 17 heavy (non-hydrogen) atoms.